The molecule has 0 aliphatic heterocycles. The Balaban J connectivity index is 1.70. The van der Waals surface area contributed by atoms with Gasteiger partial charge in [0, 0.05) is 24.8 Å². The average Bonchev–Trinajstić information content (AvgIpc) is 3.39. The zero-order chi connectivity index (χ0) is 15.5. The van der Waals surface area contributed by atoms with Crippen LogP contribution in [-0.2, 0) is 4.79 Å². The summed E-state index contributed by atoms with van der Waals surface area (Å²) in [7, 11) is 1.61. The topological polar surface area (TPSA) is 76.7 Å². The second kappa shape index (κ2) is 6.38. The van der Waals surface area contributed by atoms with Gasteiger partial charge in [-0.25, -0.2) is 0 Å². The summed E-state index contributed by atoms with van der Waals surface area (Å²) in [6, 6.07) is 5.43. The average molecular weight is 301 g/mol. The normalized spacial score (nSPS) is 18.1. The van der Waals surface area contributed by atoms with Gasteiger partial charge in [-0.15, -0.1) is 0 Å². The van der Waals surface area contributed by atoms with Gasteiger partial charge in [0.2, 0.25) is 0 Å². The summed E-state index contributed by atoms with van der Waals surface area (Å²) in [5.74, 6) is 1.89. The number of ether oxygens (including phenoxy) is 1. The summed E-state index contributed by atoms with van der Waals surface area (Å²) in [6.07, 6.45) is 4.89. The predicted octanol–water partition coefficient (Wildman–Crippen LogP) is 2.00. The van der Waals surface area contributed by atoms with Crippen molar-refractivity contribution in [3.63, 3.8) is 0 Å². The Kier molecular flexibility index (Phi) is 4.32. The highest BCUT2D eigenvalue weighted by Crippen LogP contribution is 2.30. The molecule has 1 amide bonds. The van der Waals surface area contributed by atoms with Crippen molar-refractivity contribution in [3.8, 4) is 5.75 Å². The molecule has 3 N–H and O–H groups in total. The molecular weight excluding hydrogens is 278 g/mol. The molecule has 118 valence electrons. The van der Waals surface area contributed by atoms with E-state index >= 15 is 0 Å². The Morgan fingerprint density at radius 3 is 2.68 bits per heavy atom. The summed E-state index contributed by atoms with van der Waals surface area (Å²) in [5.41, 5.74) is 7.58. The molecule has 2 aliphatic carbocycles. The molecule has 0 unspecified atom stereocenters. The minimum atomic E-state index is -0.166. The molecule has 3 rings (SSSR count). The highest BCUT2D eigenvalue weighted by atomic mass is 16.5. The Morgan fingerprint density at radius 1 is 1.32 bits per heavy atom. The lowest BCUT2D eigenvalue weighted by molar-refractivity contribution is -0.114. The summed E-state index contributed by atoms with van der Waals surface area (Å²) in [4.78, 5) is 16.4. The molecule has 1 aromatic carbocycles. The Morgan fingerprint density at radius 2 is 2.05 bits per heavy atom. The molecule has 0 heterocycles. The van der Waals surface area contributed by atoms with Crippen molar-refractivity contribution in [1.29, 1.82) is 0 Å². The van der Waals surface area contributed by atoms with Crippen molar-refractivity contribution in [2.24, 2.45) is 16.8 Å². The first-order valence-electron chi connectivity index (χ1n) is 7.95. The number of aliphatic imine (C=N–C) groups is 1. The van der Waals surface area contributed by atoms with E-state index in [1.54, 1.807) is 13.1 Å². The van der Waals surface area contributed by atoms with Crippen LogP contribution in [0.3, 0.4) is 0 Å². The molecule has 0 aromatic heterocycles. The fraction of sp³-hybridized carbons (Fsp3) is 0.529. The highest BCUT2D eigenvalue weighted by molar-refractivity contribution is 6.46. The van der Waals surface area contributed by atoms with Gasteiger partial charge in [-0.3, -0.25) is 9.79 Å². The number of anilines is 1. The molecule has 1 aromatic rings. The van der Waals surface area contributed by atoms with Crippen LogP contribution in [0.1, 0.15) is 31.2 Å². The molecule has 0 saturated heterocycles. The minimum Gasteiger partial charge on any atom is -0.493 e. The van der Waals surface area contributed by atoms with E-state index in [9.17, 15) is 4.79 Å². The fourth-order valence-corrected chi connectivity index (χ4v) is 2.32. The smallest absolute Gasteiger partial charge is 0.270 e. The van der Waals surface area contributed by atoms with Crippen LogP contribution < -0.4 is 15.8 Å². The van der Waals surface area contributed by atoms with E-state index in [4.69, 9.17) is 10.5 Å². The molecule has 0 radical (unpaired) electrons. The predicted molar refractivity (Wildman–Crippen MR) is 87.3 cm³/mol. The molecule has 2 fully saturated rings. The Hall–Kier alpha value is -2.04. The maximum atomic E-state index is 12.3. The van der Waals surface area contributed by atoms with Gasteiger partial charge >= 0.3 is 0 Å². The van der Waals surface area contributed by atoms with E-state index < -0.39 is 0 Å². The van der Waals surface area contributed by atoms with Gasteiger partial charge in [-0.1, -0.05) is 0 Å². The third-order valence-electron chi connectivity index (χ3n) is 4.15. The zero-order valence-corrected chi connectivity index (χ0v) is 13.0. The van der Waals surface area contributed by atoms with Gasteiger partial charge in [-0.05, 0) is 55.7 Å². The van der Waals surface area contributed by atoms with Crippen molar-refractivity contribution in [2.45, 2.75) is 25.7 Å². The molecule has 2 aliphatic rings. The van der Waals surface area contributed by atoms with Gasteiger partial charge in [0.05, 0.1) is 6.61 Å². The van der Waals surface area contributed by atoms with Crippen molar-refractivity contribution in [2.75, 3.05) is 25.9 Å². The van der Waals surface area contributed by atoms with E-state index in [2.05, 4.69) is 10.3 Å². The fourth-order valence-electron chi connectivity index (χ4n) is 2.32. The third-order valence-corrected chi connectivity index (χ3v) is 4.15. The van der Waals surface area contributed by atoms with Crippen LogP contribution in [0.25, 0.3) is 0 Å². The first kappa shape index (κ1) is 14.9. The molecule has 2 saturated carbocycles. The van der Waals surface area contributed by atoms with Gasteiger partial charge in [-0.2, -0.15) is 0 Å². The lowest BCUT2D eigenvalue weighted by Crippen LogP contribution is -2.33. The number of carbonyl (C=O) groups is 1. The largest absolute Gasteiger partial charge is 0.493 e. The maximum absolute atomic E-state index is 12.3. The number of hydrogen-bond donors (Lipinski definition) is 2. The van der Waals surface area contributed by atoms with Crippen LogP contribution in [0.2, 0.25) is 0 Å². The molecule has 0 spiro atoms. The molecule has 5 nitrogen and oxygen atoms in total. The van der Waals surface area contributed by atoms with Crippen LogP contribution in [0.15, 0.2) is 23.2 Å². The number of nitrogens with one attached hydrogen (secondary N) is 1. The number of hydrogen-bond acceptors (Lipinski definition) is 4. The minimum absolute atomic E-state index is 0.166. The second-order valence-corrected chi connectivity index (χ2v) is 6.23. The van der Waals surface area contributed by atoms with Crippen LogP contribution >= 0.6 is 0 Å². The van der Waals surface area contributed by atoms with Gasteiger partial charge in [0.25, 0.3) is 5.91 Å². The SMILES string of the molecule is CN=C(C(=O)NCC1CC1)c1cc(OCC2CC2)ccc1N. The molecule has 5 heteroatoms. The monoisotopic (exact) mass is 301 g/mol. The quantitative estimate of drug-likeness (QED) is 0.597. The summed E-state index contributed by atoms with van der Waals surface area (Å²) in [6.45, 7) is 1.45. The number of carbonyl (C=O) groups excluding carboxylic acids is 1. The number of nitrogen functional groups attached to an aromatic ring is 1. The van der Waals surface area contributed by atoms with E-state index in [-0.39, 0.29) is 5.91 Å². The number of nitrogens with two attached hydrogens (primary N) is 1. The number of rotatable bonds is 7. The molecule has 22 heavy (non-hydrogen) atoms. The van der Waals surface area contributed by atoms with Crippen molar-refractivity contribution in [1.82, 2.24) is 5.32 Å². The van der Waals surface area contributed by atoms with Crippen molar-refractivity contribution >= 4 is 17.3 Å². The van der Waals surface area contributed by atoms with Crippen LogP contribution in [0.5, 0.6) is 5.75 Å². The molecular formula is C17H23N3O2. The van der Waals surface area contributed by atoms with Crippen molar-refractivity contribution in [3.05, 3.63) is 23.8 Å². The first-order chi connectivity index (χ1) is 10.7. The Labute approximate surface area is 130 Å². The van der Waals surface area contributed by atoms with Gasteiger partial charge in [0.1, 0.15) is 11.5 Å². The molecule has 0 bridgehead atoms. The highest BCUT2D eigenvalue weighted by Gasteiger charge is 2.24. The lowest BCUT2D eigenvalue weighted by Gasteiger charge is -2.12. The van der Waals surface area contributed by atoms with Gasteiger partial charge in [0.15, 0.2) is 0 Å². The second-order valence-electron chi connectivity index (χ2n) is 6.23. The maximum Gasteiger partial charge on any atom is 0.270 e. The van der Waals surface area contributed by atoms with E-state index in [0.29, 0.717) is 28.8 Å². The van der Waals surface area contributed by atoms with E-state index in [1.165, 1.54) is 25.7 Å². The van der Waals surface area contributed by atoms with E-state index in [1.807, 2.05) is 12.1 Å². The van der Waals surface area contributed by atoms with Crippen molar-refractivity contribution < 1.29 is 9.53 Å². The van der Waals surface area contributed by atoms with Crippen LogP contribution in [0.4, 0.5) is 5.69 Å². The first-order valence-corrected chi connectivity index (χ1v) is 7.95. The third kappa shape index (κ3) is 3.78. The lowest BCUT2D eigenvalue weighted by atomic mass is 10.1. The number of benzene rings is 1. The summed E-state index contributed by atoms with van der Waals surface area (Å²) >= 11 is 0. The molecule has 0 atom stereocenters. The number of amides is 1. The Bertz CT molecular complexity index is 590. The van der Waals surface area contributed by atoms with Crippen LogP contribution in [0, 0.1) is 11.8 Å². The number of nitrogens with zero attached hydrogens (tertiary/aromatic N) is 1. The van der Waals surface area contributed by atoms with Gasteiger partial charge < -0.3 is 15.8 Å². The van der Waals surface area contributed by atoms with E-state index in [0.717, 1.165) is 18.9 Å². The summed E-state index contributed by atoms with van der Waals surface area (Å²) < 4.78 is 5.77. The standard InChI is InChI=1S/C17H23N3O2/c1-19-16(17(21)20-9-11-2-3-11)14-8-13(6-7-15(14)18)22-10-12-4-5-12/h6-8,11-12H,2-5,9-10,18H2,1H3,(H,20,21). The van der Waals surface area contributed by atoms with Crippen LogP contribution in [-0.4, -0.2) is 31.8 Å². The zero-order valence-electron chi connectivity index (χ0n) is 13.0. The summed E-state index contributed by atoms with van der Waals surface area (Å²) in [5, 5.41) is 2.93.